The van der Waals surface area contributed by atoms with Gasteiger partial charge in [-0.25, -0.2) is 9.59 Å². The van der Waals surface area contributed by atoms with Crippen LogP contribution in [0.4, 0.5) is 9.80 Å². The van der Waals surface area contributed by atoms with Crippen molar-refractivity contribution in [2.45, 2.75) is 44.1 Å². The van der Waals surface area contributed by atoms with Gasteiger partial charge in [-0.2, -0.15) is 4.37 Å². The molecule has 0 fully saturated rings. The van der Waals surface area contributed by atoms with Crippen LogP contribution in [0.3, 0.4) is 0 Å². The summed E-state index contributed by atoms with van der Waals surface area (Å²) >= 11 is 2.46. The van der Waals surface area contributed by atoms with Crippen LogP contribution < -0.4 is 5.32 Å². The smallest absolute Gasteiger partial charge is 0.341 e. The third-order valence-corrected chi connectivity index (χ3v) is 4.93. The Bertz CT molecular complexity index is 504. The lowest BCUT2D eigenvalue weighted by Gasteiger charge is -2.10. The SMILES string of the molecule is CCCCCCCSc1nsc(NC(=O)N(C)C)c1C(=O)O. The summed E-state index contributed by atoms with van der Waals surface area (Å²) in [5.41, 5.74) is 0.0961. The van der Waals surface area contributed by atoms with E-state index >= 15 is 0 Å². The van der Waals surface area contributed by atoms with E-state index in [1.165, 1.54) is 35.9 Å². The fourth-order valence-electron chi connectivity index (χ4n) is 1.73. The summed E-state index contributed by atoms with van der Waals surface area (Å²) in [5, 5.41) is 12.7. The largest absolute Gasteiger partial charge is 0.477 e. The minimum absolute atomic E-state index is 0.0961. The van der Waals surface area contributed by atoms with E-state index in [-0.39, 0.29) is 11.6 Å². The van der Waals surface area contributed by atoms with Gasteiger partial charge in [0.15, 0.2) is 0 Å². The number of aromatic carboxylic acids is 1. The van der Waals surface area contributed by atoms with Crippen molar-refractivity contribution < 1.29 is 14.7 Å². The summed E-state index contributed by atoms with van der Waals surface area (Å²) in [4.78, 5) is 24.4. The predicted molar refractivity (Wildman–Crippen MR) is 91.3 cm³/mol. The van der Waals surface area contributed by atoms with Gasteiger partial charge in [0.05, 0.1) is 0 Å². The lowest BCUT2D eigenvalue weighted by atomic mass is 10.2. The number of carbonyl (C=O) groups excluding carboxylic acids is 1. The minimum atomic E-state index is -1.06. The number of hydrogen-bond acceptors (Lipinski definition) is 5. The van der Waals surface area contributed by atoms with Gasteiger partial charge in [-0.1, -0.05) is 32.6 Å². The molecule has 0 saturated heterocycles. The number of aromatic nitrogens is 1. The Kier molecular flexibility index (Phi) is 8.26. The molecule has 0 aromatic carbocycles. The number of thioether (sulfide) groups is 1. The van der Waals surface area contributed by atoms with Crippen LogP contribution in [-0.2, 0) is 0 Å². The van der Waals surface area contributed by atoms with Gasteiger partial charge in [0.25, 0.3) is 0 Å². The molecule has 0 unspecified atom stereocenters. The van der Waals surface area contributed by atoms with Crippen LogP contribution in [0, 0.1) is 0 Å². The first-order chi connectivity index (χ1) is 10.5. The van der Waals surface area contributed by atoms with E-state index in [1.807, 2.05) is 0 Å². The molecule has 1 heterocycles. The molecule has 0 spiro atoms. The number of hydrogen-bond donors (Lipinski definition) is 2. The molecule has 0 aliphatic rings. The predicted octanol–water partition coefficient (Wildman–Crippen LogP) is 4.00. The number of carboxylic acids is 1. The molecular weight excluding hydrogens is 322 g/mol. The summed E-state index contributed by atoms with van der Waals surface area (Å²) in [6, 6.07) is -0.359. The molecule has 1 aromatic rings. The second kappa shape index (κ2) is 9.68. The molecule has 8 heteroatoms. The van der Waals surface area contributed by atoms with Crippen molar-refractivity contribution in [2.75, 3.05) is 25.2 Å². The van der Waals surface area contributed by atoms with Crippen molar-refractivity contribution in [1.29, 1.82) is 0 Å². The number of unbranched alkanes of at least 4 members (excludes halogenated alkanes) is 4. The maximum atomic E-state index is 11.7. The van der Waals surface area contributed by atoms with Crippen molar-refractivity contribution >= 4 is 40.3 Å². The minimum Gasteiger partial charge on any atom is -0.477 e. The number of carbonyl (C=O) groups is 2. The third-order valence-electron chi connectivity index (χ3n) is 2.99. The zero-order valence-corrected chi connectivity index (χ0v) is 14.9. The zero-order valence-electron chi connectivity index (χ0n) is 13.2. The maximum Gasteiger partial charge on any atom is 0.341 e. The van der Waals surface area contributed by atoms with Gasteiger partial charge in [-0.3, -0.25) is 5.32 Å². The topological polar surface area (TPSA) is 82.5 Å². The highest BCUT2D eigenvalue weighted by atomic mass is 32.2. The van der Waals surface area contributed by atoms with Crippen molar-refractivity contribution in [3.63, 3.8) is 0 Å². The highest BCUT2D eigenvalue weighted by Gasteiger charge is 2.22. The standard InChI is InChI=1S/C14H23N3O3S2/c1-4-5-6-7-8-9-21-12-10(13(18)19)11(22-16-12)15-14(20)17(2)3/h4-9H2,1-3H3,(H,15,20)(H,18,19). The first-order valence-electron chi connectivity index (χ1n) is 7.31. The number of anilines is 1. The summed E-state index contributed by atoms with van der Waals surface area (Å²) < 4.78 is 4.17. The van der Waals surface area contributed by atoms with Gasteiger partial charge in [-0.15, -0.1) is 11.8 Å². The van der Waals surface area contributed by atoms with Crippen LogP contribution in [0.1, 0.15) is 49.4 Å². The van der Waals surface area contributed by atoms with Crippen molar-refractivity contribution in [3.05, 3.63) is 5.56 Å². The Balaban J connectivity index is 2.62. The van der Waals surface area contributed by atoms with Crippen LogP contribution in [0.2, 0.25) is 0 Å². The van der Waals surface area contributed by atoms with Gasteiger partial charge in [0.2, 0.25) is 0 Å². The molecule has 1 rings (SSSR count). The van der Waals surface area contributed by atoms with E-state index < -0.39 is 5.97 Å². The average Bonchev–Trinajstić information content (AvgIpc) is 2.85. The number of urea groups is 1. The van der Waals surface area contributed by atoms with Crippen LogP contribution in [0.25, 0.3) is 0 Å². The molecule has 0 saturated carbocycles. The van der Waals surface area contributed by atoms with Crippen LogP contribution in [0.5, 0.6) is 0 Å². The molecule has 22 heavy (non-hydrogen) atoms. The summed E-state index contributed by atoms with van der Waals surface area (Å²) in [7, 11) is 3.20. The summed E-state index contributed by atoms with van der Waals surface area (Å²) in [6.07, 6.45) is 5.85. The molecular formula is C14H23N3O3S2. The number of rotatable bonds is 9. The molecule has 2 amide bonds. The number of amides is 2. The lowest BCUT2D eigenvalue weighted by molar-refractivity contribution is 0.0694. The number of carboxylic acid groups (broad SMARTS) is 1. The first kappa shape index (κ1) is 18.8. The third kappa shape index (κ3) is 5.84. The van der Waals surface area contributed by atoms with Gasteiger partial charge in [0.1, 0.15) is 15.6 Å². The van der Waals surface area contributed by atoms with E-state index in [0.29, 0.717) is 10.0 Å². The van der Waals surface area contributed by atoms with Crippen LogP contribution in [0.15, 0.2) is 5.03 Å². The second-order valence-corrected chi connectivity index (χ2v) is 6.94. The maximum absolute atomic E-state index is 11.7. The van der Waals surface area contributed by atoms with Crippen LogP contribution in [-0.4, -0.2) is 46.2 Å². The molecule has 2 N–H and O–H groups in total. The van der Waals surface area contributed by atoms with E-state index in [2.05, 4.69) is 16.6 Å². The number of nitrogens with one attached hydrogen (secondary N) is 1. The van der Waals surface area contributed by atoms with Gasteiger partial charge in [-0.05, 0) is 23.7 Å². The molecule has 0 aliphatic carbocycles. The van der Waals surface area contributed by atoms with Crippen molar-refractivity contribution in [3.8, 4) is 0 Å². The number of nitrogens with zero attached hydrogens (tertiary/aromatic N) is 2. The fraction of sp³-hybridized carbons (Fsp3) is 0.643. The quantitative estimate of drug-likeness (QED) is 0.522. The molecule has 0 bridgehead atoms. The molecule has 124 valence electrons. The molecule has 0 aliphatic heterocycles. The highest BCUT2D eigenvalue weighted by Crippen LogP contribution is 2.32. The Labute approximate surface area is 139 Å². The fourth-order valence-corrected chi connectivity index (χ4v) is 3.67. The second-order valence-electron chi connectivity index (χ2n) is 5.08. The van der Waals surface area contributed by atoms with E-state index in [1.54, 1.807) is 14.1 Å². The normalized spacial score (nSPS) is 10.5. The molecule has 1 aromatic heterocycles. The van der Waals surface area contributed by atoms with E-state index in [0.717, 1.165) is 30.1 Å². The zero-order chi connectivity index (χ0) is 16.5. The van der Waals surface area contributed by atoms with Crippen molar-refractivity contribution in [2.24, 2.45) is 0 Å². The lowest BCUT2D eigenvalue weighted by Crippen LogP contribution is -2.27. The molecule has 0 atom stereocenters. The summed E-state index contributed by atoms with van der Waals surface area (Å²) in [5.74, 6) is -0.217. The Morgan fingerprint density at radius 3 is 2.55 bits per heavy atom. The average molecular weight is 345 g/mol. The van der Waals surface area contributed by atoms with Crippen molar-refractivity contribution in [1.82, 2.24) is 9.27 Å². The monoisotopic (exact) mass is 345 g/mol. The summed E-state index contributed by atoms with van der Waals surface area (Å²) in [6.45, 7) is 2.17. The van der Waals surface area contributed by atoms with E-state index in [4.69, 9.17) is 0 Å². The van der Waals surface area contributed by atoms with Crippen LogP contribution >= 0.6 is 23.3 Å². The van der Waals surface area contributed by atoms with Gasteiger partial charge in [0, 0.05) is 14.1 Å². The first-order valence-corrected chi connectivity index (χ1v) is 9.07. The van der Waals surface area contributed by atoms with Gasteiger partial charge < -0.3 is 10.0 Å². The molecule has 6 nitrogen and oxygen atoms in total. The Morgan fingerprint density at radius 2 is 1.95 bits per heavy atom. The van der Waals surface area contributed by atoms with Gasteiger partial charge >= 0.3 is 12.0 Å². The Morgan fingerprint density at radius 1 is 1.27 bits per heavy atom. The highest BCUT2D eigenvalue weighted by molar-refractivity contribution is 7.99. The molecule has 0 radical (unpaired) electrons. The van der Waals surface area contributed by atoms with E-state index in [9.17, 15) is 14.7 Å². The Hall–Kier alpha value is -1.28.